The Morgan fingerprint density at radius 2 is 2.06 bits per heavy atom. The predicted molar refractivity (Wildman–Crippen MR) is 66.2 cm³/mol. The Morgan fingerprint density at radius 3 is 2.59 bits per heavy atom. The van der Waals surface area contributed by atoms with E-state index in [2.05, 4.69) is 17.2 Å². The van der Waals surface area contributed by atoms with Crippen molar-refractivity contribution >= 4 is 11.8 Å². The van der Waals surface area contributed by atoms with E-state index in [9.17, 15) is 4.79 Å². The highest BCUT2D eigenvalue weighted by molar-refractivity contribution is 5.87. The van der Waals surface area contributed by atoms with Crippen molar-refractivity contribution in [2.75, 3.05) is 5.32 Å². The van der Waals surface area contributed by atoms with Crippen LogP contribution in [-0.2, 0) is 0 Å². The number of hydrogen-bond donors (Lipinski definition) is 2. The third-order valence-corrected chi connectivity index (χ3v) is 3.38. The van der Waals surface area contributed by atoms with Crippen molar-refractivity contribution in [2.24, 2.45) is 5.92 Å². The van der Waals surface area contributed by atoms with Crippen molar-refractivity contribution in [2.45, 2.75) is 38.6 Å². The SMILES string of the molecule is CC1CCC(Nc2ccc(C(=O)O)cn2)CC1. The van der Waals surface area contributed by atoms with Gasteiger partial charge < -0.3 is 10.4 Å². The van der Waals surface area contributed by atoms with E-state index in [0.29, 0.717) is 6.04 Å². The number of aromatic carboxylic acids is 1. The molecule has 0 aliphatic heterocycles. The molecule has 1 aliphatic carbocycles. The Kier molecular flexibility index (Phi) is 3.61. The van der Waals surface area contributed by atoms with Crippen molar-refractivity contribution in [3.63, 3.8) is 0 Å². The Balaban J connectivity index is 1.92. The zero-order valence-electron chi connectivity index (χ0n) is 10.0. The fraction of sp³-hybridized carbons (Fsp3) is 0.538. The molecule has 92 valence electrons. The predicted octanol–water partition coefficient (Wildman–Crippen LogP) is 2.77. The lowest BCUT2D eigenvalue weighted by Gasteiger charge is -2.27. The van der Waals surface area contributed by atoms with Gasteiger partial charge in [-0.05, 0) is 43.7 Å². The molecule has 1 fully saturated rings. The molecular formula is C13H18N2O2. The number of aromatic nitrogens is 1. The van der Waals surface area contributed by atoms with Crippen LogP contribution in [0.15, 0.2) is 18.3 Å². The molecule has 2 N–H and O–H groups in total. The van der Waals surface area contributed by atoms with Gasteiger partial charge in [0.05, 0.1) is 5.56 Å². The van der Waals surface area contributed by atoms with Crippen molar-refractivity contribution in [1.29, 1.82) is 0 Å². The highest BCUT2D eigenvalue weighted by Gasteiger charge is 2.18. The van der Waals surface area contributed by atoms with Gasteiger partial charge in [-0.1, -0.05) is 6.92 Å². The second-order valence-corrected chi connectivity index (χ2v) is 4.84. The normalized spacial score (nSPS) is 24.3. The highest BCUT2D eigenvalue weighted by atomic mass is 16.4. The van der Waals surface area contributed by atoms with Gasteiger partial charge >= 0.3 is 5.97 Å². The molecule has 0 atom stereocenters. The number of anilines is 1. The van der Waals surface area contributed by atoms with Crippen molar-refractivity contribution in [1.82, 2.24) is 4.98 Å². The van der Waals surface area contributed by atoms with Crippen LogP contribution in [0.3, 0.4) is 0 Å². The molecule has 0 bridgehead atoms. The molecular weight excluding hydrogens is 216 g/mol. The van der Waals surface area contributed by atoms with E-state index in [-0.39, 0.29) is 5.56 Å². The molecule has 0 unspecified atom stereocenters. The number of carboxylic acid groups (broad SMARTS) is 1. The summed E-state index contributed by atoms with van der Waals surface area (Å²) < 4.78 is 0. The van der Waals surface area contributed by atoms with Gasteiger partial charge in [-0.2, -0.15) is 0 Å². The topological polar surface area (TPSA) is 62.2 Å². The van der Waals surface area contributed by atoms with E-state index in [1.807, 2.05) is 0 Å². The number of carboxylic acids is 1. The van der Waals surface area contributed by atoms with Crippen molar-refractivity contribution in [3.05, 3.63) is 23.9 Å². The summed E-state index contributed by atoms with van der Waals surface area (Å²) in [5.74, 6) is 0.667. The maximum absolute atomic E-state index is 10.7. The Labute approximate surface area is 101 Å². The first-order valence-corrected chi connectivity index (χ1v) is 6.11. The minimum absolute atomic E-state index is 0.229. The molecule has 17 heavy (non-hydrogen) atoms. The van der Waals surface area contributed by atoms with E-state index in [0.717, 1.165) is 11.7 Å². The van der Waals surface area contributed by atoms with E-state index in [1.54, 1.807) is 12.1 Å². The lowest BCUT2D eigenvalue weighted by molar-refractivity contribution is 0.0696. The Hall–Kier alpha value is -1.58. The zero-order chi connectivity index (χ0) is 12.3. The minimum atomic E-state index is -0.935. The van der Waals surface area contributed by atoms with Gasteiger partial charge in [-0.15, -0.1) is 0 Å². The maximum Gasteiger partial charge on any atom is 0.337 e. The van der Waals surface area contributed by atoms with Crippen LogP contribution in [0, 0.1) is 5.92 Å². The van der Waals surface area contributed by atoms with Crippen molar-refractivity contribution < 1.29 is 9.90 Å². The largest absolute Gasteiger partial charge is 0.478 e. The zero-order valence-corrected chi connectivity index (χ0v) is 10.0. The molecule has 1 heterocycles. The van der Waals surface area contributed by atoms with Crippen LogP contribution in [0.25, 0.3) is 0 Å². The Bertz CT molecular complexity index is 381. The van der Waals surface area contributed by atoms with Gasteiger partial charge in [-0.3, -0.25) is 0 Å². The average Bonchev–Trinajstić information content (AvgIpc) is 2.33. The number of nitrogens with one attached hydrogen (secondary N) is 1. The van der Waals surface area contributed by atoms with Crippen LogP contribution in [0.5, 0.6) is 0 Å². The lowest BCUT2D eigenvalue weighted by Crippen LogP contribution is -2.25. The van der Waals surface area contributed by atoms with Crippen LogP contribution in [0.4, 0.5) is 5.82 Å². The first-order valence-electron chi connectivity index (χ1n) is 6.11. The van der Waals surface area contributed by atoms with Gasteiger partial charge in [0.2, 0.25) is 0 Å². The van der Waals surface area contributed by atoms with E-state index in [1.165, 1.54) is 31.9 Å². The smallest absolute Gasteiger partial charge is 0.337 e. The van der Waals surface area contributed by atoms with E-state index >= 15 is 0 Å². The molecule has 1 aromatic heterocycles. The summed E-state index contributed by atoms with van der Waals surface area (Å²) in [6.07, 6.45) is 6.25. The molecule has 1 aromatic rings. The summed E-state index contributed by atoms with van der Waals surface area (Å²) in [4.78, 5) is 14.8. The first kappa shape index (κ1) is 11.9. The Morgan fingerprint density at radius 1 is 1.35 bits per heavy atom. The monoisotopic (exact) mass is 234 g/mol. The molecule has 1 saturated carbocycles. The molecule has 0 radical (unpaired) electrons. The number of hydrogen-bond acceptors (Lipinski definition) is 3. The van der Waals surface area contributed by atoms with Crippen LogP contribution >= 0.6 is 0 Å². The summed E-state index contributed by atoms with van der Waals surface area (Å²) in [6, 6.07) is 3.80. The fourth-order valence-corrected chi connectivity index (χ4v) is 2.22. The standard InChI is InChI=1S/C13H18N2O2/c1-9-2-5-11(6-3-9)15-12-7-4-10(8-14-12)13(16)17/h4,7-9,11H,2-3,5-6H2,1H3,(H,14,15)(H,16,17). The summed E-state index contributed by atoms with van der Waals surface area (Å²) in [5, 5.41) is 12.1. The number of carbonyl (C=O) groups is 1. The van der Waals surface area contributed by atoms with Gasteiger partial charge in [-0.25, -0.2) is 9.78 Å². The van der Waals surface area contributed by atoms with Gasteiger partial charge in [0.25, 0.3) is 0 Å². The van der Waals surface area contributed by atoms with Crippen LogP contribution in [0.2, 0.25) is 0 Å². The summed E-state index contributed by atoms with van der Waals surface area (Å²) in [5.41, 5.74) is 0.229. The number of rotatable bonds is 3. The summed E-state index contributed by atoms with van der Waals surface area (Å²) in [6.45, 7) is 2.29. The highest BCUT2D eigenvalue weighted by Crippen LogP contribution is 2.25. The quantitative estimate of drug-likeness (QED) is 0.844. The molecule has 2 rings (SSSR count). The lowest BCUT2D eigenvalue weighted by atomic mass is 9.87. The molecule has 0 aromatic carbocycles. The third-order valence-electron chi connectivity index (χ3n) is 3.38. The van der Waals surface area contributed by atoms with Crippen LogP contribution in [-0.4, -0.2) is 22.1 Å². The molecule has 4 heteroatoms. The fourth-order valence-electron chi connectivity index (χ4n) is 2.22. The first-order chi connectivity index (χ1) is 8.15. The number of nitrogens with zero attached hydrogens (tertiary/aromatic N) is 1. The maximum atomic E-state index is 10.7. The molecule has 0 amide bonds. The molecule has 1 aliphatic rings. The van der Waals surface area contributed by atoms with Crippen molar-refractivity contribution in [3.8, 4) is 0 Å². The molecule has 0 spiro atoms. The van der Waals surface area contributed by atoms with Crippen LogP contribution in [0.1, 0.15) is 43.0 Å². The minimum Gasteiger partial charge on any atom is -0.478 e. The summed E-state index contributed by atoms with van der Waals surface area (Å²) in [7, 11) is 0. The van der Waals surface area contributed by atoms with E-state index in [4.69, 9.17) is 5.11 Å². The average molecular weight is 234 g/mol. The van der Waals surface area contributed by atoms with Gasteiger partial charge in [0.15, 0.2) is 0 Å². The summed E-state index contributed by atoms with van der Waals surface area (Å²) >= 11 is 0. The van der Waals surface area contributed by atoms with Gasteiger partial charge in [0, 0.05) is 12.2 Å². The van der Waals surface area contributed by atoms with Crippen LogP contribution < -0.4 is 5.32 Å². The molecule has 0 saturated heterocycles. The second kappa shape index (κ2) is 5.17. The molecule has 4 nitrogen and oxygen atoms in total. The third kappa shape index (κ3) is 3.19. The van der Waals surface area contributed by atoms with E-state index < -0.39 is 5.97 Å². The second-order valence-electron chi connectivity index (χ2n) is 4.84. The van der Waals surface area contributed by atoms with Gasteiger partial charge in [0.1, 0.15) is 5.82 Å². The number of pyridine rings is 1.